The maximum Gasteiger partial charge on any atom is 0.401 e. The zero-order valence-corrected chi connectivity index (χ0v) is 12.7. The summed E-state index contributed by atoms with van der Waals surface area (Å²) in [6.07, 6.45) is 0.769. The van der Waals surface area contributed by atoms with E-state index in [1.807, 2.05) is 0 Å². The Hall–Kier alpha value is -0.330. The highest BCUT2D eigenvalue weighted by molar-refractivity contribution is 4.91. The van der Waals surface area contributed by atoms with E-state index in [-0.39, 0.29) is 12.6 Å². The number of rotatable bonds is 7. The second-order valence-corrected chi connectivity index (χ2v) is 6.69. The van der Waals surface area contributed by atoms with Gasteiger partial charge in [-0.2, -0.15) is 13.2 Å². The van der Waals surface area contributed by atoms with E-state index in [1.165, 1.54) is 12.8 Å². The molecule has 2 fully saturated rings. The molecular formula is C15H27F3N2O. The number of likely N-dealkylation sites (tertiary alicyclic amines) is 1. The maximum absolute atomic E-state index is 12.4. The van der Waals surface area contributed by atoms with Crippen molar-refractivity contribution in [2.24, 2.45) is 11.8 Å². The minimum atomic E-state index is -4.15. The van der Waals surface area contributed by atoms with Gasteiger partial charge in [0.05, 0.1) is 6.54 Å². The Kier molecular flexibility index (Phi) is 5.91. The largest absolute Gasteiger partial charge is 0.401 e. The summed E-state index contributed by atoms with van der Waals surface area (Å²) in [6.45, 7) is 3.13. The van der Waals surface area contributed by atoms with Gasteiger partial charge in [-0.25, -0.2) is 0 Å². The van der Waals surface area contributed by atoms with Gasteiger partial charge in [-0.1, -0.05) is 0 Å². The molecule has 0 amide bonds. The Labute approximate surface area is 124 Å². The molecule has 21 heavy (non-hydrogen) atoms. The van der Waals surface area contributed by atoms with Gasteiger partial charge in [0, 0.05) is 31.8 Å². The van der Waals surface area contributed by atoms with Crippen molar-refractivity contribution in [3.05, 3.63) is 0 Å². The zero-order valence-electron chi connectivity index (χ0n) is 12.7. The van der Waals surface area contributed by atoms with Crippen LogP contribution in [-0.2, 0) is 0 Å². The van der Waals surface area contributed by atoms with Crippen molar-refractivity contribution in [1.29, 1.82) is 0 Å². The number of hydrogen-bond donors (Lipinski definition) is 2. The lowest BCUT2D eigenvalue weighted by atomic mass is 9.89. The van der Waals surface area contributed by atoms with Crippen molar-refractivity contribution in [2.75, 3.05) is 26.2 Å². The monoisotopic (exact) mass is 308 g/mol. The van der Waals surface area contributed by atoms with E-state index in [4.69, 9.17) is 5.11 Å². The number of aliphatic hydroxyl groups is 1. The molecule has 0 spiro atoms. The van der Waals surface area contributed by atoms with E-state index in [2.05, 4.69) is 17.1 Å². The second-order valence-electron chi connectivity index (χ2n) is 6.69. The van der Waals surface area contributed by atoms with Crippen LogP contribution in [0.1, 0.15) is 39.0 Å². The zero-order chi connectivity index (χ0) is 15.5. The summed E-state index contributed by atoms with van der Waals surface area (Å²) in [7, 11) is 0. The molecule has 2 N–H and O–H groups in total. The van der Waals surface area contributed by atoms with E-state index in [0.717, 1.165) is 31.7 Å². The summed E-state index contributed by atoms with van der Waals surface area (Å²) < 4.78 is 37.2. The average molecular weight is 308 g/mol. The van der Waals surface area contributed by atoms with Crippen molar-refractivity contribution in [2.45, 2.75) is 57.3 Å². The standard InChI is InChI=1S/C15H27F3N2O/c1-11(13-4-5-13)20-8-12(3-2-6-21)7-14(9-20)19-10-15(16,17)18/h11-14,19,21H,2-10H2,1H3. The maximum atomic E-state index is 12.4. The number of halogens is 3. The molecule has 2 aliphatic rings. The molecular weight excluding hydrogens is 281 g/mol. The van der Waals surface area contributed by atoms with Crippen molar-refractivity contribution < 1.29 is 18.3 Å². The molecule has 1 saturated carbocycles. The summed E-state index contributed by atoms with van der Waals surface area (Å²) >= 11 is 0. The minimum absolute atomic E-state index is 0.0923. The lowest BCUT2D eigenvalue weighted by molar-refractivity contribution is -0.127. The Bertz CT molecular complexity index is 321. The first kappa shape index (κ1) is 17.0. The first-order chi connectivity index (χ1) is 9.89. The van der Waals surface area contributed by atoms with E-state index in [0.29, 0.717) is 18.5 Å². The van der Waals surface area contributed by atoms with Crippen LogP contribution in [0.15, 0.2) is 0 Å². The fourth-order valence-electron chi connectivity index (χ4n) is 3.45. The van der Waals surface area contributed by atoms with Gasteiger partial charge >= 0.3 is 6.18 Å². The lowest BCUT2D eigenvalue weighted by Gasteiger charge is -2.41. The van der Waals surface area contributed by atoms with Gasteiger partial charge in [-0.3, -0.25) is 4.90 Å². The van der Waals surface area contributed by atoms with Gasteiger partial charge in [-0.15, -0.1) is 0 Å². The Morgan fingerprint density at radius 3 is 2.57 bits per heavy atom. The summed E-state index contributed by atoms with van der Waals surface area (Å²) in [5.41, 5.74) is 0. The molecule has 2 rings (SSSR count). The number of nitrogens with zero attached hydrogens (tertiary/aromatic N) is 1. The molecule has 1 saturated heterocycles. The molecule has 1 aliphatic heterocycles. The molecule has 0 aromatic rings. The summed E-state index contributed by atoms with van der Waals surface area (Å²) in [5, 5.41) is 11.7. The van der Waals surface area contributed by atoms with Crippen molar-refractivity contribution in [3.8, 4) is 0 Å². The number of alkyl halides is 3. The third-order valence-electron chi connectivity index (χ3n) is 4.81. The molecule has 0 radical (unpaired) electrons. The fraction of sp³-hybridized carbons (Fsp3) is 1.00. The lowest BCUT2D eigenvalue weighted by Crippen LogP contribution is -2.53. The first-order valence-electron chi connectivity index (χ1n) is 8.04. The first-order valence-corrected chi connectivity index (χ1v) is 8.04. The van der Waals surface area contributed by atoms with Gasteiger partial charge in [0.15, 0.2) is 0 Å². The van der Waals surface area contributed by atoms with E-state index in [1.54, 1.807) is 0 Å². The molecule has 0 bridgehead atoms. The van der Waals surface area contributed by atoms with Crippen LogP contribution in [0, 0.1) is 11.8 Å². The molecule has 1 heterocycles. The van der Waals surface area contributed by atoms with Gasteiger partial charge in [-0.05, 0) is 50.9 Å². The number of aliphatic hydroxyl groups excluding tert-OH is 1. The number of piperidine rings is 1. The van der Waals surface area contributed by atoms with E-state index < -0.39 is 12.7 Å². The SMILES string of the molecule is CC(C1CC1)N1CC(CCCO)CC(NCC(F)(F)F)C1. The fourth-order valence-corrected chi connectivity index (χ4v) is 3.45. The molecule has 0 aromatic heterocycles. The number of nitrogens with one attached hydrogen (secondary N) is 1. The van der Waals surface area contributed by atoms with Crippen molar-refractivity contribution >= 4 is 0 Å². The average Bonchev–Trinajstić information content (AvgIpc) is 3.25. The van der Waals surface area contributed by atoms with Crippen LogP contribution in [0.3, 0.4) is 0 Å². The van der Waals surface area contributed by atoms with Gasteiger partial charge in [0.1, 0.15) is 0 Å². The molecule has 124 valence electrons. The summed E-state index contributed by atoms with van der Waals surface area (Å²) in [6, 6.07) is 0.377. The second kappa shape index (κ2) is 7.29. The highest BCUT2D eigenvalue weighted by atomic mass is 19.4. The Balaban J connectivity index is 1.89. The van der Waals surface area contributed by atoms with Crippen LogP contribution in [0.5, 0.6) is 0 Å². The van der Waals surface area contributed by atoms with Gasteiger partial charge in [0.25, 0.3) is 0 Å². The van der Waals surface area contributed by atoms with Gasteiger partial charge < -0.3 is 10.4 Å². The van der Waals surface area contributed by atoms with Gasteiger partial charge in [0.2, 0.25) is 0 Å². The Morgan fingerprint density at radius 1 is 1.29 bits per heavy atom. The molecule has 0 aromatic carbocycles. The molecule has 3 unspecified atom stereocenters. The van der Waals surface area contributed by atoms with Crippen molar-refractivity contribution in [3.63, 3.8) is 0 Å². The highest BCUT2D eigenvalue weighted by Crippen LogP contribution is 2.37. The van der Waals surface area contributed by atoms with Crippen LogP contribution in [-0.4, -0.2) is 54.5 Å². The minimum Gasteiger partial charge on any atom is -0.396 e. The number of hydrogen-bond acceptors (Lipinski definition) is 3. The van der Waals surface area contributed by atoms with Crippen LogP contribution in [0.2, 0.25) is 0 Å². The predicted octanol–water partition coefficient (Wildman–Crippen LogP) is 2.40. The van der Waals surface area contributed by atoms with Crippen molar-refractivity contribution in [1.82, 2.24) is 10.2 Å². The van der Waals surface area contributed by atoms with E-state index >= 15 is 0 Å². The highest BCUT2D eigenvalue weighted by Gasteiger charge is 2.37. The normalized spacial score (nSPS) is 29.6. The third kappa shape index (κ3) is 5.75. The third-order valence-corrected chi connectivity index (χ3v) is 4.81. The van der Waals surface area contributed by atoms with Crippen LogP contribution in [0.4, 0.5) is 13.2 Å². The summed E-state index contributed by atoms with van der Waals surface area (Å²) in [5.74, 6) is 1.11. The molecule has 3 nitrogen and oxygen atoms in total. The quantitative estimate of drug-likeness (QED) is 0.758. The van der Waals surface area contributed by atoms with Crippen LogP contribution >= 0.6 is 0 Å². The summed E-state index contributed by atoms with van der Waals surface area (Å²) in [4.78, 5) is 2.36. The van der Waals surface area contributed by atoms with E-state index in [9.17, 15) is 13.2 Å². The molecule has 6 heteroatoms. The molecule has 3 atom stereocenters. The molecule has 1 aliphatic carbocycles. The Morgan fingerprint density at radius 2 is 2.00 bits per heavy atom. The van der Waals surface area contributed by atoms with Crippen LogP contribution in [0.25, 0.3) is 0 Å². The smallest absolute Gasteiger partial charge is 0.396 e. The predicted molar refractivity (Wildman–Crippen MR) is 76.0 cm³/mol. The topological polar surface area (TPSA) is 35.5 Å². The van der Waals surface area contributed by atoms with Crippen LogP contribution < -0.4 is 5.32 Å².